The number of benzene rings is 1. The fraction of sp³-hybridized carbons (Fsp3) is 0.250. The molecule has 1 rings (SSSR count). The molecule has 0 bridgehead atoms. The van der Waals surface area contributed by atoms with Gasteiger partial charge in [0.05, 0.1) is 17.8 Å². The molecular formula is C12H13NO2. The van der Waals surface area contributed by atoms with E-state index < -0.39 is 5.97 Å². The standard InChI is InChI=1S/C12H13NO2/c1-3-9-13(4-2)11-8-6-5-7-10(11)12(14)15/h1,5-8H,4,9H2,2H3,(H,14,15). The van der Waals surface area contributed by atoms with Gasteiger partial charge in [-0.3, -0.25) is 0 Å². The molecule has 0 aliphatic rings. The van der Waals surface area contributed by atoms with Crippen LogP contribution in [0.15, 0.2) is 24.3 Å². The highest BCUT2D eigenvalue weighted by Crippen LogP contribution is 2.19. The summed E-state index contributed by atoms with van der Waals surface area (Å²) in [5.74, 6) is 1.59. The summed E-state index contributed by atoms with van der Waals surface area (Å²) in [5.41, 5.74) is 0.958. The van der Waals surface area contributed by atoms with E-state index in [1.54, 1.807) is 24.3 Å². The molecule has 0 amide bonds. The van der Waals surface area contributed by atoms with Crippen LogP contribution in [0.25, 0.3) is 0 Å². The third kappa shape index (κ3) is 2.50. The summed E-state index contributed by atoms with van der Waals surface area (Å²) in [7, 11) is 0. The van der Waals surface area contributed by atoms with Crippen LogP contribution in [-0.2, 0) is 0 Å². The Hall–Kier alpha value is -1.95. The first-order valence-electron chi connectivity index (χ1n) is 4.71. The van der Waals surface area contributed by atoms with Gasteiger partial charge in [-0.25, -0.2) is 4.79 Å². The van der Waals surface area contributed by atoms with E-state index in [-0.39, 0.29) is 5.56 Å². The predicted molar refractivity (Wildman–Crippen MR) is 60.1 cm³/mol. The summed E-state index contributed by atoms with van der Waals surface area (Å²) in [6.07, 6.45) is 5.23. The third-order valence-corrected chi connectivity index (χ3v) is 2.14. The Bertz CT molecular complexity index is 393. The Morgan fingerprint density at radius 2 is 2.20 bits per heavy atom. The second-order valence-electron chi connectivity index (χ2n) is 3.04. The maximum absolute atomic E-state index is 11.0. The minimum atomic E-state index is -0.930. The molecule has 1 aromatic rings. The second-order valence-corrected chi connectivity index (χ2v) is 3.04. The molecule has 0 radical (unpaired) electrons. The topological polar surface area (TPSA) is 40.5 Å². The van der Waals surface area contributed by atoms with Gasteiger partial charge in [0, 0.05) is 6.54 Å². The molecule has 0 saturated carbocycles. The quantitative estimate of drug-likeness (QED) is 0.759. The van der Waals surface area contributed by atoms with Gasteiger partial charge in [-0.15, -0.1) is 6.42 Å². The zero-order chi connectivity index (χ0) is 11.3. The summed E-state index contributed by atoms with van der Waals surface area (Å²) in [4.78, 5) is 12.8. The van der Waals surface area contributed by atoms with Crippen molar-refractivity contribution < 1.29 is 9.90 Å². The van der Waals surface area contributed by atoms with Crippen LogP contribution in [0.3, 0.4) is 0 Å². The smallest absolute Gasteiger partial charge is 0.337 e. The number of anilines is 1. The van der Waals surface area contributed by atoms with Crippen molar-refractivity contribution in [2.45, 2.75) is 6.92 Å². The summed E-state index contributed by atoms with van der Waals surface area (Å²) < 4.78 is 0. The van der Waals surface area contributed by atoms with Gasteiger partial charge in [0.15, 0.2) is 0 Å². The molecule has 3 heteroatoms. The Morgan fingerprint density at radius 1 is 1.53 bits per heavy atom. The molecule has 0 saturated heterocycles. The molecule has 0 aliphatic carbocycles. The SMILES string of the molecule is C#CCN(CC)c1ccccc1C(=O)O. The molecule has 0 atom stereocenters. The van der Waals surface area contributed by atoms with Gasteiger partial charge in [0.2, 0.25) is 0 Å². The summed E-state index contributed by atoms with van der Waals surface area (Å²) in [6.45, 7) is 3.05. The molecule has 0 heterocycles. The monoisotopic (exact) mass is 203 g/mol. The molecule has 78 valence electrons. The molecule has 15 heavy (non-hydrogen) atoms. The van der Waals surface area contributed by atoms with Gasteiger partial charge in [-0.2, -0.15) is 0 Å². The van der Waals surface area contributed by atoms with Crippen molar-refractivity contribution in [3.8, 4) is 12.3 Å². The first kappa shape index (κ1) is 11.1. The minimum Gasteiger partial charge on any atom is -0.478 e. The lowest BCUT2D eigenvalue weighted by molar-refractivity contribution is 0.0697. The summed E-state index contributed by atoms with van der Waals surface area (Å²) in [6, 6.07) is 6.86. The average molecular weight is 203 g/mol. The molecular weight excluding hydrogens is 190 g/mol. The lowest BCUT2D eigenvalue weighted by atomic mass is 10.1. The van der Waals surface area contributed by atoms with E-state index in [0.29, 0.717) is 18.8 Å². The lowest BCUT2D eigenvalue weighted by Gasteiger charge is -2.21. The van der Waals surface area contributed by atoms with E-state index in [1.807, 2.05) is 11.8 Å². The largest absolute Gasteiger partial charge is 0.478 e. The number of nitrogens with zero attached hydrogens (tertiary/aromatic N) is 1. The summed E-state index contributed by atoms with van der Waals surface area (Å²) in [5, 5.41) is 9.00. The number of carboxylic acid groups (broad SMARTS) is 1. The lowest BCUT2D eigenvalue weighted by Crippen LogP contribution is -2.24. The normalized spacial score (nSPS) is 9.33. The second kappa shape index (κ2) is 5.06. The first-order valence-corrected chi connectivity index (χ1v) is 4.71. The van der Waals surface area contributed by atoms with Gasteiger partial charge >= 0.3 is 5.97 Å². The van der Waals surface area contributed by atoms with Gasteiger partial charge in [-0.05, 0) is 19.1 Å². The molecule has 0 aliphatic heterocycles. The fourth-order valence-corrected chi connectivity index (χ4v) is 1.41. The van der Waals surface area contributed by atoms with Gasteiger partial charge in [0.1, 0.15) is 0 Å². The number of hydrogen-bond donors (Lipinski definition) is 1. The highest BCUT2D eigenvalue weighted by molar-refractivity contribution is 5.94. The minimum absolute atomic E-state index is 0.287. The van der Waals surface area contributed by atoms with E-state index >= 15 is 0 Å². The number of aromatic carboxylic acids is 1. The van der Waals surface area contributed by atoms with Gasteiger partial charge < -0.3 is 10.0 Å². The molecule has 0 fully saturated rings. The number of hydrogen-bond acceptors (Lipinski definition) is 2. The number of rotatable bonds is 4. The number of para-hydroxylation sites is 1. The van der Waals surface area contributed by atoms with Crippen LogP contribution in [0.1, 0.15) is 17.3 Å². The third-order valence-electron chi connectivity index (χ3n) is 2.14. The van der Waals surface area contributed by atoms with Crippen LogP contribution in [0, 0.1) is 12.3 Å². The average Bonchev–Trinajstić information content (AvgIpc) is 2.26. The summed E-state index contributed by atoms with van der Waals surface area (Å²) >= 11 is 0. The molecule has 3 nitrogen and oxygen atoms in total. The molecule has 0 aromatic heterocycles. The maximum Gasteiger partial charge on any atom is 0.337 e. The van der Waals surface area contributed by atoms with Crippen LogP contribution in [0.4, 0.5) is 5.69 Å². The van der Waals surface area contributed by atoms with E-state index in [2.05, 4.69) is 5.92 Å². The van der Waals surface area contributed by atoms with E-state index in [0.717, 1.165) is 0 Å². The van der Waals surface area contributed by atoms with Crippen molar-refractivity contribution in [1.29, 1.82) is 0 Å². The predicted octanol–water partition coefficient (Wildman–Crippen LogP) is 1.84. The van der Waals surface area contributed by atoms with Crippen molar-refractivity contribution in [2.75, 3.05) is 18.0 Å². The van der Waals surface area contributed by atoms with E-state index in [1.165, 1.54) is 0 Å². The molecule has 0 unspecified atom stereocenters. The van der Waals surface area contributed by atoms with Crippen molar-refractivity contribution in [2.24, 2.45) is 0 Å². The fourth-order valence-electron chi connectivity index (χ4n) is 1.41. The van der Waals surface area contributed by atoms with Crippen molar-refractivity contribution in [1.82, 2.24) is 0 Å². The molecule has 1 aromatic carbocycles. The van der Waals surface area contributed by atoms with Crippen molar-refractivity contribution >= 4 is 11.7 Å². The van der Waals surface area contributed by atoms with Gasteiger partial charge in [-0.1, -0.05) is 18.1 Å². The van der Waals surface area contributed by atoms with E-state index in [4.69, 9.17) is 11.5 Å². The zero-order valence-electron chi connectivity index (χ0n) is 8.60. The highest BCUT2D eigenvalue weighted by Gasteiger charge is 2.12. The van der Waals surface area contributed by atoms with Crippen molar-refractivity contribution in [3.63, 3.8) is 0 Å². The maximum atomic E-state index is 11.0. The van der Waals surface area contributed by atoms with Crippen molar-refractivity contribution in [3.05, 3.63) is 29.8 Å². The first-order chi connectivity index (χ1) is 7.20. The zero-order valence-corrected chi connectivity index (χ0v) is 8.60. The Balaban J connectivity index is 3.11. The molecule has 1 N–H and O–H groups in total. The number of carbonyl (C=O) groups is 1. The Kier molecular flexibility index (Phi) is 3.75. The van der Waals surface area contributed by atoms with Crippen LogP contribution in [0.5, 0.6) is 0 Å². The van der Waals surface area contributed by atoms with E-state index in [9.17, 15) is 4.79 Å². The molecule has 0 spiro atoms. The van der Waals surface area contributed by atoms with Crippen LogP contribution < -0.4 is 4.90 Å². The van der Waals surface area contributed by atoms with Crippen LogP contribution in [-0.4, -0.2) is 24.2 Å². The Morgan fingerprint density at radius 3 is 2.73 bits per heavy atom. The highest BCUT2D eigenvalue weighted by atomic mass is 16.4. The van der Waals surface area contributed by atoms with Gasteiger partial charge in [0.25, 0.3) is 0 Å². The van der Waals surface area contributed by atoms with Crippen LogP contribution >= 0.6 is 0 Å². The van der Waals surface area contributed by atoms with Crippen LogP contribution in [0.2, 0.25) is 0 Å². The number of carboxylic acids is 1. The Labute approximate surface area is 89.3 Å². The number of terminal acetylenes is 1.